The molecule has 1 rings (SSSR count). The van der Waals surface area contributed by atoms with Crippen LogP contribution in [0.2, 0.25) is 10.0 Å². The maximum absolute atomic E-state index is 6.00. The molecule has 0 saturated heterocycles. The van der Waals surface area contributed by atoms with Gasteiger partial charge in [-0.25, -0.2) is 0 Å². The Bertz CT molecular complexity index is 286. The highest BCUT2D eigenvalue weighted by atomic mass is 35.5. The smallest absolute Gasteiger partial charge is 0.0468 e. The Morgan fingerprint density at radius 2 is 2.08 bits per heavy atom. The highest BCUT2D eigenvalue weighted by Crippen LogP contribution is 2.27. The number of benzene rings is 1. The van der Waals surface area contributed by atoms with E-state index in [1.165, 1.54) is 0 Å². The molecule has 0 aliphatic rings. The van der Waals surface area contributed by atoms with Crippen LogP contribution in [0.1, 0.15) is 31.4 Å². The van der Waals surface area contributed by atoms with Gasteiger partial charge in [-0.05, 0) is 24.1 Å². The number of rotatable bonds is 3. The van der Waals surface area contributed by atoms with Gasteiger partial charge in [-0.2, -0.15) is 0 Å². The number of halogens is 2. The molecule has 0 aliphatic carbocycles. The molecule has 72 valence electrons. The summed E-state index contributed by atoms with van der Waals surface area (Å²) >= 11 is 11.8. The first-order valence-electron chi connectivity index (χ1n) is 4.35. The molecule has 0 aromatic heterocycles. The van der Waals surface area contributed by atoms with Gasteiger partial charge < -0.3 is 5.73 Å². The molecule has 0 bridgehead atoms. The van der Waals surface area contributed by atoms with Crippen LogP contribution in [0.3, 0.4) is 0 Å². The Morgan fingerprint density at radius 3 is 2.62 bits per heavy atom. The lowest BCUT2D eigenvalue weighted by Gasteiger charge is -2.12. The highest BCUT2D eigenvalue weighted by Gasteiger charge is 2.08. The first-order chi connectivity index (χ1) is 6.15. The maximum atomic E-state index is 6.00. The Labute approximate surface area is 88.8 Å². The third-order valence-corrected chi connectivity index (χ3v) is 2.52. The second kappa shape index (κ2) is 4.85. The van der Waals surface area contributed by atoms with E-state index in [2.05, 4.69) is 6.92 Å². The van der Waals surface area contributed by atoms with Crippen LogP contribution < -0.4 is 5.73 Å². The molecule has 13 heavy (non-hydrogen) atoms. The van der Waals surface area contributed by atoms with E-state index in [0.29, 0.717) is 10.0 Å². The van der Waals surface area contributed by atoms with Gasteiger partial charge in [-0.3, -0.25) is 0 Å². The van der Waals surface area contributed by atoms with E-state index in [-0.39, 0.29) is 6.04 Å². The van der Waals surface area contributed by atoms with Gasteiger partial charge in [0.1, 0.15) is 0 Å². The zero-order valence-corrected chi connectivity index (χ0v) is 9.07. The third kappa shape index (κ3) is 2.87. The van der Waals surface area contributed by atoms with E-state index in [1.54, 1.807) is 6.07 Å². The van der Waals surface area contributed by atoms with Gasteiger partial charge in [0.05, 0.1) is 0 Å². The van der Waals surface area contributed by atoms with Gasteiger partial charge in [0, 0.05) is 16.1 Å². The number of hydrogen-bond acceptors (Lipinski definition) is 1. The van der Waals surface area contributed by atoms with Gasteiger partial charge in [0.15, 0.2) is 0 Å². The van der Waals surface area contributed by atoms with Gasteiger partial charge in [-0.1, -0.05) is 42.6 Å². The Hall–Kier alpha value is -0.240. The standard InChI is InChI=1S/C10H13Cl2N/c1-2-3-10(13)8-5-4-7(11)6-9(8)12/h4-6,10H,2-3,13H2,1H3/t10-/m1/s1. The van der Waals surface area contributed by atoms with Gasteiger partial charge in [0.2, 0.25) is 0 Å². The second-order valence-corrected chi connectivity index (χ2v) is 3.90. The molecule has 0 heterocycles. The normalized spacial score (nSPS) is 12.9. The van der Waals surface area contributed by atoms with E-state index in [1.807, 2.05) is 12.1 Å². The molecule has 0 spiro atoms. The molecule has 1 aromatic carbocycles. The van der Waals surface area contributed by atoms with Crippen LogP contribution in [-0.4, -0.2) is 0 Å². The maximum Gasteiger partial charge on any atom is 0.0468 e. The largest absolute Gasteiger partial charge is 0.324 e. The molecule has 0 radical (unpaired) electrons. The molecule has 0 fully saturated rings. The van der Waals surface area contributed by atoms with Crippen molar-refractivity contribution in [2.75, 3.05) is 0 Å². The summed E-state index contributed by atoms with van der Waals surface area (Å²) in [6.07, 6.45) is 2.00. The first kappa shape index (κ1) is 10.8. The van der Waals surface area contributed by atoms with Gasteiger partial charge in [0.25, 0.3) is 0 Å². The predicted molar refractivity (Wildman–Crippen MR) is 58.3 cm³/mol. The molecule has 1 nitrogen and oxygen atoms in total. The molecule has 0 aliphatic heterocycles. The van der Waals surface area contributed by atoms with Gasteiger partial charge in [-0.15, -0.1) is 0 Å². The van der Waals surface area contributed by atoms with Crippen LogP contribution in [0, 0.1) is 0 Å². The van der Waals surface area contributed by atoms with Crippen molar-refractivity contribution >= 4 is 23.2 Å². The lowest BCUT2D eigenvalue weighted by atomic mass is 10.0. The van der Waals surface area contributed by atoms with Crippen LogP contribution in [0.15, 0.2) is 18.2 Å². The summed E-state index contributed by atoms with van der Waals surface area (Å²) in [5, 5.41) is 1.31. The molecule has 0 unspecified atom stereocenters. The first-order valence-corrected chi connectivity index (χ1v) is 5.11. The molecular weight excluding hydrogens is 205 g/mol. The average molecular weight is 218 g/mol. The van der Waals surface area contributed by atoms with E-state index in [4.69, 9.17) is 28.9 Å². The van der Waals surface area contributed by atoms with E-state index >= 15 is 0 Å². The van der Waals surface area contributed by atoms with Crippen LogP contribution in [0.5, 0.6) is 0 Å². The summed E-state index contributed by atoms with van der Waals surface area (Å²) in [6.45, 7) is 2.10. The fourth-order valence-electron chi connectivity index (χ4n) is 1.27. The summed E-state index contributed by atoms with van der Waals surface area (Å²) in [7, 11) is 0. The van der Waals surface area contributed by atoms with Crippen molar-refractivity contribution in [3.8, 4) is 0 Å². The zero-order chi connectivity index (χ0) is 9.84. The molecule has 2 N–H and O–H groups in total. The SMILES string of the molecule is CCC[C@@H](N)c1ccc(Cl)cc1Cl. The summed E-state index contributed by atoms with van der Waals surface area (Å²) in [5.74, 6) is 0. The minimum atomic E-state index is 0.0229. The predicted octanol–water partition coefficient (Wildman–Crippen LogP) is 3.79. The molecule has 0 amide bonds. The van der Waals surface area contributed by atoms with E-state index < -0.39 is 0 Å². The molecule has 1 atom stereocenters. The Balaban J connectivity index is 2.88. The molecular formula is C10H13Cl2N. The lowest BCUT2D eigenvalue weighted by Crippen LogP contribution is -2.10. The molecule has 3 heteroatoms. The zero-order valence-electron chi connectivity index (χ0n) is 7.56. The minimum Gasteiger partial charge on any atom is -0.324 e. The number of hydrogen-bond donors (Lipinski definition) is 1. The summed E-state index contributed by atoms with van der Waals surface area (Å²) in [5.41, 5.74) is 6.91. The van der Waals surface area contributed by atoms with E-state index in [0.717, 1.165) is 18.4 Å². The van der Waals surface area contributed by atoms with Crippen molar-refractivity contribution in [1.82, 2.24) is 0 Å². The second-order valence-electron chi connectivity index (χ2n) is 3.06. The van der Waals surface area contributed by atoms with Crippen molar-refractivity contribution in [2.45, 2.75) is 25.8 Å². The summed E-state index contributed by atoms with van der Waals surface area (Å²) < 4.78 is 0. The van der Waals surface area contributed by atoms with Crippen LogP contribution in [0.25, 0.3) is 0 Å². The molecule has 0 saturated carbocycles. The van der Waals surface area contributed by atoms with Crippen molar-refractivity contribution in [2.24, 2.45) is 5.73 Å². The number of nitrogens with two attached hydrogens (primary N) is 1. The van der Waals surface area contributed by atoms with Crippen molar-refractivity contribution in [3.05, 3.63) is 33.8 Å². The fourth-order valence-corrected chi connectivity index (χ4v) is 1.82. The summed E-state index contributed by atoms with van der Waals surface area (Å²) in [4.78, 5) is 0. The van der Waals surface area contributed by atoms with Crippen molar-refractivity contribution < 1.29 is 0 Å². The van der Waals surface area contributed by atoms with Crippen LogP contribution >= 0.6 is 23.2 Å². The van der Waals surface area contributed by atoms with Crippen molar-refractivity contribution in [3.63, 3.8) is 0 Å². The lowest BCUT2D eigenvalue weighted by molar-refractivity contribution is 0.639. The monoisotopic (exact) mass is 217 g/mol. The fraction of sp³-hybridized carbons (Fsp3) is 0.400. The average Bonchev–Trinajstić information content (AvgIpc) is 2.04. The topological polar surface area (TPSA) is 26.0 Å². The Morgan fingerprint density at radius 1 is 1.38 bits per heavy atom. The van der Waals surface area contributed by atoms with E-state index in [9.17, 15) is 0 Å². The van der Waals surface area contributed by atoms with Crippen LogP contribution in [0.4, 0.5) is 0 Å². The van der Waals surface area contributed by atoms with Crippen LogP contribution in [-0.2, 0) is 0 Å². The van der Waals surface area contributed by atoms with Gasteiger partial charge >= 0.3 is 0 Å². The molecule has 1 aromatic rings. The third-order valence-electron chi connectivity index (χ3n) is 1.96. The highest BCUT2D eigenvalue weighted by molar-refractivity contribution is 6.35. The quantitative estimate of drug-likeness (QED) is 0.820. The van der Waals surface area contributed by atoms with Crippen molar-refractivity contribution in [1.29, 1.82) is 0 Å². The minimum absolute atomic E-state index is 0.0229. The Kier molecular flexibility index (Phi) is 4.04. The summed E-state index contributed by atoms with van der Waals surface area (Å²) in [6, 6.07) is 5.46.